The Kier molecular flexibility index (Phi) is 4.16. The highest BCUT2D eigenvalue weighted by Crippen LogP contribution is 2.30. The Bertz CT molecular complexity index is 500. The fourth-order valence-corrected chi connectivity index (χ4v) is 1.60. The van der Waals surface area contributed by atoms with Gasteiger partial charge in [-0.05, 0) is 45.4 Å². The third-order valence-electron chi connectivity index (χ3n) is 2.39. The first kappa shape index (κ1) is 14.7. The highest BCUT2D eigenvalue weighted by molar-refractivity contribution is 9.10. The lowest BCUT2D eigenvalue weighted by atomic mass is 9.97. The molecule has 0 fully saturated rings. The van der Waals surface area contributed by atoms with E-state index in [1.165, 1.54) is 6.07 Å². The predicted molar refractivity (Wildman–Crippen MR) is 70.9 cm³/mol. The van der Waals surface area contributed by atoms with Crippen LogP contribution in [0.15, 0.2) is 16.6 Å². The molecular formula is C13H15BrO4. The van der Waals surface area contributed by atoms with Crippen LogP contribution >= 0.6 is 15.9 Å². The summed E-state index contributed by atoms with van der Waals surface area (Å²) in [6.07, 6.45) is 0. The van der Waals surface area contributed by atoms with Gasteiger partial charge < -0.3 is 9.84 Å². The van der Waals surface area contributed by atoms with Gasteiger partial charge in [0.2, 0.25) is 0 Å². The van der Waals surface area contributed by atoms with Gasteiger partial charge >= 0.3 is 11.9 Å². The van der Waals surface area contributed by atoms with E-state index in [-0.39, 0.29) is 11.3 Å². The first-order chi connectivity index (χ1) is 8.14. The van der Waals surface area contributed by atoms with Crippen molar-refractivity contribution in [3.8, 4) is 5.75 Å². The maximum absolute atomic E-state index is 11.8. The smallest absolute Gasteiger partial charge is 0.339 e. The maximum Gasteiger partial charge on any atom is 0.339 e. The summed E-state index contributed by atoms with van der Waals surface area (Å²) in [6.45, 7) is 6.78. The molecule has 1 aromatic rings. The number of hydrogen-bond acceptors (Lipinski definition) is 3. The lowest BCUT2D eigenvalue weighted by Gasteiger charge is -2.18. The van der Waals surface area contributed by atoms with Crippen LogP contribution in [-0.4, -0.2) is 17.0 Å². The van der Waals surface area contributed by atoms with E-state index in [2.05, 4.69) is 15.9 Å². The zero-order valence-electron chi connectivity index (χ0n) is 10.7. The standard InChI is InChI=1S/C13H15BrO4/c1-7-8(14)5-6-9(10(7)11(15)16)18-12(17)13(2,3)4/h5-6H,1-4H3,(H,15,16). The number of benzene rings is 1. The second-order valence-corrected chi connectivity index (χ2v) is 5.84. The van der Waals surface area contributed by atoms with Crippen LogP contribution in [0.2, 0.25) is 0 Å². The van der Waals surface area contributed by atoms with Crippen molar-refractivity contribution >= 4 is 27.9 Å². The SMILES string of the molecule is Cc1c(Br)ccc(OC(=O)C(C)(C)C)c1C(=O)O. The lowest BCUT2D eigenvalue weighted by molar-refractivity contribution is -0.143. The molecule has 0 saturated heterocycles. The second kappa shape index (κ2) is 5.10. The molecule has 1 N–H and O–H groups in total. The van der Waals surface area contributed by atoms with Crippen LogP contribution in [0.3, 0.4) is 0 Å². The number of hydrogen-bond donors (Lipinski definition) is 1. The second-order valence-electron chi connectivity index (χ2n) is 4.99. The van der Waals surface area contributed by atoms with Gasteiger partial charge in [-0.2, -0.15) is 0 Å². The van der Waals surface area contributed by atoms with Gasteiger partial charge in [0.1, 0.15) is 11.3 Å². The van der Waals surface area contributed by atoms with Gasteiger partial charge in [-0.3, -0.25) is 4.79 Å². The summed E-state index contributed by atoms with van der Waals surface area (Å²) in [5.41, 5.74) is -0.153. The Balaban J connectivity index is 3.22. The van der Waals surface area contributed by atoms with Crippen molar-refractivity contribution in [3.63, 3.8) is 0 Å². The van der Waals surface area contributed by atoms with Crippen molar-refractivity contribution in [2.24, 2.45) is 5.41 Å². The highest BCUT2D eigenvalue weighted by atomic mass is 79.9. The van der Waals surface area contributed by atoms with Gasteiger partial charge in [-0.15, -0.1) is 0 Å². The molecule has 0 heterocycles. The first-order valence-corrected chi connectivity index (χ1v) is 6.18. The number of carbonyl (C=O) groups is 2. The predicted octanol–water partition coefficient (Wildman–Crippen LogP) is 3.41. The molecule has 0 aliphatic carbocycles. The summed E-state index contributed by atoms with van der Waals surface area (Å²) in [5.74, 6) is -1.51. The Morgan fingerprint density at radius 2 is 1.83 bits per heavy atom. The zero-order valence-corrected chi connectivity index (χ0v) is 12.3. The molecule has 0 saturated carbocycles. The monoisotopic (exact) mass is 314 g/mol. The fourth-order valence-electron chi connectivity index (χ4n) is 1.27. The molecule has 0 spiro atoms. The van der Waals surface area contributed by atoms with Crippen LogP contribution in [-0.2, 0) is 4.79 Å². The van der Waals surface area contributed by atoms with Crippen LogP contribution in [0.1, 0.15) is 36.7 Å². The van der Waals surface area contributed by atoms with E-state index in [9.17, 15) is 14.7 Å². The van der Waals surface area contributed by atoms with Crippen molar-refractivity contribution in [2.45, 2.75) is 27.7 Å². The number of carboxylic acids is 1. The Labute approximate surface area is 114 Å². The number of rotatable bonds is 2. The summed E-state index contributed by atoms with van der Waals surface area (Å²) >= 11 is 3.25. The molecule has 1 rings (SSSR count). The van der Waals surface area contributed by atoms with Crippen LogP contribution in [0.5, 0.6) is 5.75 Å². The highest BCUT2D eigenvalue weighted by Gasteiger charge is 2.26. The fraction of sp³-hybridized carbons (Fsp3) is 0.385. The van der Waals surface area contributed by atoms with Gasteiger partial charge in [-0.1, -0.05) is 15.9 Å². The average molecular weight is 315 g/mol. The Morgan fingerprint density at radius 3 is 2.28 bits per heavy atom. The minimum atomic E-state index is -1.12. The van der Waals surface area contributed by atoms with Crippen molar-refractivity contribution in [1.29, 1.82) is 0 Å². The van der Waals surface area contributed by atoms with Gasteiger partial charge in [0, 0.05) is 4.47 Å². The van der Waals surface area contributed by atoms with Crippen molar-refractivity contribution in [2.75, 3.05) is 0 Å². The molecule has 0 aliphatic heterocycles. The summed E-state index contributed by atoms with van der Waals surface area (Å²) in [6, 6.07) is 3.14. The van der Waals surface area contributed by atoms with Gasteiger partial charge in [0.15, 0.2) is 0 Å². The van der Waals surface area contributed by atoms with Gasteiger partial charge in [0.05, 0.1) is 5.41 Å². The summed E-state index contributed by atoms with van der Waals surface area (Å²) < 4.78 is 5.83. The molecule has 4 nitrogen and oxygen atoms in total. The van der Waals surface area contributed by atoms with Crippen molar-refractivity contribution in [3.05, 3.63) is 27.7 Å². The molecule has 98 valence electrons. The number of carboxylic acid groups (broad SMARTS) is 1. The average Bonchev–Trinajstić information content (AvgIpc) is 2.21. The summed E-state index contributed by atoms with van der Waals surface area (Å²) in [4.78, 5) is 23.0. The van der Waals surface area contributed by atoms with Crippen molar-refractivity contribution < 1.29 is 19.4 Å². The minimum Gasteiger partial charge on any atom is -0.478 e. The van der Waals surface area contributed by atoms with E-state index >= 15 is 0 Å². The topological polar surface area (TPSA) is 63.6 Å². The van der Waals surface area contributed by atoms with Crippen molar-refractivity contribution in [1.82, 2.24) is 0 Å². The van der Waals surface area contributed by atoms with E-state index in [4.69, 9.17) is 4.74 Å². The molecule has 0 aliphatic rings. The Hall–Kier alpha value is -1.36. The van der Waals surface area contributed by atoms with E-state index in [0.717, 1.165) is 0 Å². The van der Waals surface area contributed by atoms with E-state index in [0.29, 0.717) is 10.0 Å². The number of carbonyl (C=O) groups excluding carboxylic acids is 1. The summed E-state index contributed by atoms with van der Waals surface area (Å²) in [7, 11) is 0. The third kappa shape index (κ3) is 3.10. The number of aromatic carboxylic acids is 1. The van der Waals surface area contributed by atoms with E-state index in [1.54, 1.807) is 33.8 Å². The van der Waals surface area contributed by atoms with Crippen LogP contribution < -0.4 is 4.74 Å². The Morgan fingerprint density at radius 1 is 1.28 bits per heavy atom. The van der Waals surface area contributed by atoms with Gasteiger partial charge in [0.25, 0.3) is 0 Å². The molecule has 0 radical (unpaired) electrons. The quantitative estimate of drug-likeness (QED) is 0.671. The molecule has 5 heteroatoms. The zero-order chi connectivity index (χ0) is 14.1. The first-order valence-electron chi connectivity index (χ1n) is 5.39. The van der Waals surface area contributed by atoms with Crippen LogP contribution in [0, 0.1) is 12.3 Å². The normalized spacial score (nSPS) is 11.2. The molecule has 0 amide bonds. The number of halogens is 1. The number of ether oxygens (including phenoxy) is 1. The van der Waals surface area contributed by atoms with Crippen LogP contribution in [0.25, 0.3) is 0 Å². The maximum atomic E-state index is 11.8. The molecule has 0 bridgehead atoms. The summed E-state index contributed by atoms with van der Waals surface area (Å²) in [5, 5.41) is 9.17. The molecular weight excluding hydrogens is 300 g/mol. The minimum absolute atomic E-state index is 0.00183. The van der Waals surface area contributed by atoms with E-state index < -0.39 is 17.4 Å². The van der Waals surface area contributed by atoms with Gasteiger partial charge in [-0.25, -0.2) is 4.79 Å². The lowest BCUT2D eigenvalue weighted by Crippen LogP contribution is -2.26. The molecule has 18 heavy (non-hydrogen) atoms. The molecule has 0 aromatic heterocycles. The van der Waals surface area contributed by atoms with Crippen LogP contribution in [0.4, 0.5) is 0 Å². The molecule has 0 atom stereocenters. The molecule has 0 unspecified atom stereocenters. The third-order valence-corrected chi connectivity index (χ3v) is 3.25. The number of esters is 1. The largest absolute Gasteiger partial charge is 0.478 e. The van der Waals surface area contributed by atoms with E-state index in [1.807, 2.05) is 0 Å². The molecule has 1 aromatic carbocycles.